The van der Waals surface area contributed by atoms with Crippen LogP contribution in [0.4, 0.5) is 5.69 Å². The molecule has 6 nitrogen and oxygen atoms in total. The highest BCUT2D eigenvalue weighted by molar-refractivity contribution is 7.92. The van der Waals surface area contributed by atoms with Gasteiger partial charge in [0.2, 0.25) is 15.9 Å². The smallest absolute Gasteiger partial charge is 0.243 e. The molecular formula is C17H25N3O3S. The van der Waals surface area contributed by atoms with E-state index in [1.54, 1.807) is 12.1 Å². The fourth-order valence-electron chi connectivity index (χ4n) is 3.78. The quantitative estimate of drug-likeness (QED) is 0.809. The molecule has 0 N–H and O–H groups in total. The monoisotopic (exact) mass is 351 g/mol. The van der Waals surface area contributed by atoms with Crippen LogP contribution in [0.5, 0.6) is 0 Å². The Balaban J connectivity index is 1.75. The first kappa shape index (κ1) is 17.2. The molecule has 0 unspecified atom stereocenters. The first-order chi connectivity index (χ1) is 11.3. The van der Waals surface area contributed by atoms with Crippen molar-refractivity contribution < 1.29 is 13.2 Å². The summed E-state index contributed by atoms with van der Waals surface area (Å²) in [6.45, 7) is 4.29. The van der Waals surface area contributed by atoms with Crippen LogP contribution in [-0.4, -0.2) is 69.6 Å². The highest BCUT2D eigenvalue weighted by atomic mass is 32.2. The number of aryl methyl sites for hydroxylation is 1. The van der Waals surface area contributed by atoms with E-state index < -0.39 is 10.0 Å². The van der Waals surface area contributed by atoms with Crippen LogP contribution in [0.25, 0.3) is 0 Å². The maximum atomic E-state index is 12.7. The molecule has 0 saturated carbocycles. The molecule has 1 amide bonds. The number of rotatable bonds is 4. The Hall–Kier alpha value is -1.60. The SMILES string of the molecule is Cc1cccc(N(CC(=O)N2C[C@@H]3CCN(C)[C@@H]3C2)S(C)(=O)=O)c1. The number of carbonyl (C=O) groups excluding carboxylic acids is 1. The van der Waals surface area contributed by atoms with Crippen molar-refractivity contribution in [2.45, 2.75) is 19.4 Å². The van der Waals surface area contributed by atoms with E-state index in [0.717, 1.165) is 31.3 Å². The molecule has 24 heavy (non-hydrogen) atoms. The predicted molar refractivity (Wildman–Crippen MR) is 94.5 cm³/mol. The van der Waals surface area contributed by atoms with Gasteiger partial charge in [-0.05, 0) is 50.6 Å². The first-order valence-corrected chi connectivity index (χ1v) is 10.1. The lowest BCUT2D eigenvalue weighted by Crippen LogP contribution is -2.43. The van der Waals surface area contributed by atoms with Gasteiger partial charge in [-0.1, -0.05) is 12.1 Å². The number of nitrogens with zero attached hydrogens (tertiary/aromatic N) is 3. The van der Waals surface area contributed by atoms with Gasteiger partial charge in [-0.3, -0.25) is 9.10 Å². The molecule has 2 atom stereocenters. The average Bonchev–Trinajstić information content (AvgIpc) is 3.06. The van der Waals surface area contributed by atoms with Gasteiger partial charge in [-0.15, -0.1) is 0 Å². The number of hydrogen-bond acceptors (Lipinski definition) is 4. The summed E-state index contributed by atoms with van der Waals surface area (Å²) in [5, 5.41) is 0. The van der Waals surface area contributed by atoms with Crippen molar-refractivity contribution in [1.29, 1.82) is 0 Å². The maximum absolute atomic E-state index is 12.7. The Morgan fingerprint density at radius 3 is 2.71 bits per heavy atom. The lowest BCUT2D eigenvalue weighted by molar-refractivity contribution is -0.128. The second-order valence-electron chi connectivity index (χ2n) is 7.00. The highest BCUT2D eigenvalue weighted by Gasteiger charge is 2.41. The molecule has 7 heteroatoms. The number of likely N-dealkylation sites (N-methyl/N-ethyl adjacent to an activating group) is 1. The number of anilines is 1. The molecule has 0 radical (unpaired) electrons. The van der Waals surface area contributed by atoms with Crippen molar-refractivity contribution in [2.24, 2.45) is 5.92 Å². The Kier molecular flexibility index (Phi) is 4.57. The third kappa shape index (κ3) is 3.42. The average molecular weight is 351 g/mol. The normalized spacial score (nSPS) is 24.2. The van der Waals surface area contributed by atoms with Gasteiger partial charge in [0.05, 0.1) is 11.9 Å². The summed E-state index contributed by atoms with van der Waals surface area (Å²) in [4.78, 5) is 16.8. The zero-order chi connectivity index (χ0) is 17.5. The number of fused-ring (bicyclic) bond motifs is 1. The van der Waals surface area contributed by atoms with Crippen LogP contribution >= 0.6 is 0 Å². The van der Waals surface area contributed by atoms with Gasteiger partial charge < -0.3 is 9.80 Å². The summed E-state index contributed by atoms with van der Waals surface area (Å²) in [7, 11) is -1.42. The number of carbonyl (C=O) groups is 1. The van der Waals surface area contributed by atoms with Crippen molar-refractivity contribution in [1.82, 2.24) is 9.80 Å². The Labute approximate surface area is 144 Å². The summed E-state index contributed by atoms with van der Waals surface area (Å²) in [5.74, 6) is 0.398. The topological polar surface area (TPSA) is 60.9 Å². The van der Waals surface area contributed by atoms with E-state index in [2.05, 4.69) is 11.9 Å². The summed E-state index contributed by atoms with van der Waals surface area (Å²) >= 11 is 0. The van der Waals surface area contributed by atoms with Gasteiger partial charge in [0.25, 0.3) is 0 Å². The van der Waals surface area contributed by atoms with Gasteiger partial charge in [-0.2, -0.15) is 0 Å². The third-order valence-corrected chi connectivity index (χ3v) is 6.29. The van der Waals surface area contributed by atoms with Crippen LogP contribution in [0, 0.1) is 12.8 Å². The maximum Gasteiger partial charge on any atom is 0.243 e. The summed E-state index contributed by atoms with van der Waals surface area (Å²) in [5.41, 5.74) is 1.51. The van der Waals surface area contributed by atoms with E-state index in [-0.39, 0.29) is 12.5 Å². The Morgan fingerprint density at radius 1 is 1.33 bits per heavy atom. The van der Waals surface area contributed by atoms with Gasteiger partial charge in [-0.25, -0.2) is 8.42 Å². The van der Waals surface area contributed by atoms with Crippen LogP contribution in [-0.2, 0) is 14.8 Å². The molecule has 0 bridgehead atoms. The van der Waals surface area contributed by atoms with Crippen molar-refractivity contribution >= 4 is 21.6 Å². The lowest BCUT2D eigenvalue weighted by Gasteiger charge is -2.26. The molecule has 0 spiro atoms. The third-order valence-electron chi connectivity index (χ3n) is 5.15. The van der Waals surface area contributed by atoms with Crippen LogP contribution < -0.4 is 4.31 Å². The Morgan fingerprint density at radius 2 is 2.08 bits per heavy atom. The van der Waals surface area contributed by atoms with E-state index in [0.29, 0.717) is 24.2 Å². The summed E-state index contributed by atoms with van der Waals surface area (Å²) < 4.78 is 25.6. The molecule has 0 aliphatic carbocycles. The molecule has 3 rings (SSSR count). The van der Waals surface area contributed by atoms with Gasteiger partial charge >= 0.3 is 0 Å². The second-order valence-corrected chi connectivity index (χ2v) is 8.91. The molecule has 1 aromatic rings. The fourth-order valence-corrected chi connectivity index (χ4v) is 4.62. The zero-order valence-corrected chi connectivity index (χ0v) is 15.3. The molecule has 2 fully saturated rings. The van der Waals surface area contributed by atoms with Crippen LogP contribution in [0.3, 0.4) is 0 Å². The second kappa shape index (κ2) is 6.37. The lowest BCUT2D eigenvalue weighted by atomic mass is 10.1. The minimum absolute atomic E-state index is 0.121. The van der Waals surface area contributed by atoms with Gasteiger partial charge in [0.1, 0.15) is 6.54 Å². The number of amides is 1. The number of likely N-dealkylation sites (tertiary alicyclic amines) is 2. The first-order valence-electron chi connectivity index (χ1n) is 8.28. The van der Waals surface area contributed by atoms with Gasteiger partial charge in [0, 0.05) is 19.1 Å². The standard InChI is InChI=1S/C17H25N3O3S/c1-13-5-4-6-15(9-13)20(24(3,22)23)12-17(21)19-10-14-7-8-18(2)16(14)11-19/h4-6,9,14,16H,7-8,10-12H2,1-3H3/t14-,16+/m0/s1. The summed E-state index contributed by atoms with van der Waals surface area (Å²) in [6, 6.07) is 7.65. The van der Waals surface area contributed by atoms with E-state index in [9.17, 15) is 13.2 Å². The van der Waals surface area contributed by atoms with Gasteiger partial charge in [0.15, 0.2) is 0 Å². The summed E-state index contributed by atoms with van der Waals surface area (Å²) in [6.07, 6.45) is 2.26. The molecule has 2 aliphatic rings. The van der Waals surface area contributed by atoms with E-state index in [4.69, 9.17) is 0 Å². The number of hydrogen-bond donors (Lipinski definition) is 0. The largest absolute Gasteiger partial charge is 0.339 e. The van der Waals surface area contributed by atoms with Crippen LogP contribution in [0.2, 0.25) is 0 Å². The molecule has 1 aromatic carbocycles. The van der Waals surface area contributed by atoms with E-state index in [1.807, 2.05) is 24.0 Å². The fraction of sp³-hybridized carbons (Fsp3) is 0.588. The Bertz CT molecular complexity index is 734. The predicted octanol–water partition coefficient (Wildman–Crippen LogP) is 0.924. The molecule has 132 valence electrons. The van der Waals surface area contributed by atoms with Crippen molar-refractivity contribution in [2.75, 3.05) is 43.8 Å². The minimum Gasteiger partial charge on any atom is -0.339 e. The number of sulfonamides is 1. The van der Waals surface area contributed by atoms with Crippen molar-refractivity contribution in [3.8, 4) is 0 Å². The highest BCUT2D eigenvalue weighted by Crippen LogP contribution is 2.30. The minimum atomic E-state index is -3.51. The molecule has 2 heterocycles. The molecule has 2 saturated heterocycles. The van der Waals surface area contributed by atoms with Crippen LogP contribution in [0.15, 0.2) is 24.3 Å². The zero-order valence-electron chi connectivity index (χ0n) is 14.5. The molecule has 0 aromatic heterocycles. The van der Waals surface area contributed by atoms with E-state index >= 15 is 0 Å². The molecular weight excluding hydrogens is 326 g/mol. The molecule has 2 aliphatic heterocycles. The van der Waals surface area contributed by atoms with E-state index in [1.165, 1.54) is 4.31 Å². The number of benzene rings is 1. The van der Waals surface area contributed by atoms with Crippen molar-refractivity contribution in [3.05, 3.63) is 29.8 Å². The van der Waals surface area contributed by atoms with Crippen LogP contribution in [0.1, 0.15) is 12.0 Å². The van der Waals surface area contributed by atoms with Crippen molar-refractivity contribution in [3.63, 3.8) is 0 Å².